The molecule has 82 valence electrons. The molecule has 0 unspecified atom stereocenters. The monoisotopic (exact) mass is 217 g/mol. The minimum atomic E-state index is 0. The third-order valence-electron chi connectivity index (χ3n) is 2.44. The van der Waals surface area contributed by atoms with Crippen LogP contribution in [0.1, 0.15) is 0 Å². The first-order valence-corrected chi connectivity index (χ1v) is 4.54. The van der Waals surface area contributed by atoms with Gasteiger partial charge in [-0.1, -0.05) is 0 Å². The Bertz CT molecular complexity index is 661. The summed E-state index contributed by atoms with van der Waals surface area (Å²) in [6.07, 6.45) is 1.86. The highest BCUT2D eigenvalue weighted by atomic mass is 16.0. The van der Waals surface area contributed by atoms with E-state index in [0.717, 1.165) is 21.8 Å². The first-order chi connectivity index (χ1) is 7.25. The number of aromatic nitrogens is 3. The summed E-state index contributed by atoms with van der Waals surface area (Å²) >= 11 is 0. The van der Waals surface area contributed by atoms with Gasteiger partial charge in [0.1, 0.15) is 5.82 Å². The van der Waals surface area contributed by atoms with Crippen LogP contribution < -0.4 is 11.5 Å². The fourth-order valence-corrected chi connectivity index (χ4v) is 1.81. The molecule has 1 aromatic carbocycles. The van der Waals surface area contributed by atoms with E-state index >= 15 is 0 Å². The predicted octanol–water partition coefficient (Wildman–Crippen LogP) is 0.451. The zero-order chi connectivity index (χ0) is 10.4. The normalized spacial score (nSPS) is 10.5. The average Bonchev–Trinajstić information content (AvgIpc) is 2.63. The second kappa shape index (κ2) is 3.35. The maximum absolute atomic E-state index is 5.84. The quantitative estimate of drug-likeness (QED) is 0.505. The van der Waals surface area contributed by atoms with Gasteiger partial charge in [0.05, 0.1) is 10.9 Å². The molecule has 0 saturated heterocycles. The topological polar surface area (TPSA) is 125 Å². The number of benzene rings is 1. The van der Waals surface area contributed by atoms with Gasteiger partial charge in [-0.05, 0) is 18.2 Å². The Morgan fingerprint density at radius 3 is 2.69 bits per heavy atom. The molecule has 0 spiro atoms. The van der Waals surface area contributed by atoms with E-state index in [2.05, 4.69) is 15.0 Å². The SMILES string of the molecule is Nc1nc(N)c2c(ccc3[nH]ccc32)n1.O. The molecule has 0 fully saturated rings. The molecule has 6 heteroatoms. The molecular formula is C10H11N5O. The number of nitrogens with two attached hydrogens (primary N) is 2. The van der Waals surface area contributed by atoms with Crippen LogP contribution in [0, 0.1) is 0 Å². The van der Waals surface area contributed by atoms with Gasteiger partial charge in [-0.25, -0.2) is 4.98 Å². The van der Waals surface area contributed by atoms with Crippen molar-refractivity contribution in [1.29, 1.82) is 0 Å². The highest BCUT2D eigenvalue weighted by Gasteiger charge is 2.07. The largest absolute Gasteiger partial charge is 0.412 e. The summed E-state index contributed by atoms with van der Waals surface area (Å²) in [5.41, 5.74) is 13.2. The lowest BCUT2D eigenvalue weighted by Crippen LogP contribution is -2.00. The van der Waals surface area contributed by atoms with E-state index in [4.69, 9.17) is 11.5 Å². The number of H-pyrrole nitrogens is 1. The lowest BCUT2D eigenvalue weighted by Gasteiger charge is -2.03. The van der Waals surface area contributed by atoms with Crippen molar-refractivity contribution in [2.45, 2.75) is 0 Å². The molecule has 0 saturated carbocycles. The Labute approximate surface area is 90.6 Å². The molecule has 0 radical (unpaired) electrons. The molecule has 6 nitrogen and oxygen atoms in total. The lowest BCUT2D eigenvalue weighted by molar-refractivity contribution is 0.824. The standard InChI is InChI=1S/C10H9N5.H2O/c11-9-8-5-3-4-13-6(5)1-2-7(8)14-10(12)15-9;/h1-4,13H,(H4,11,12,14,15);1H2. The fourth-order valence-electron chi connectivity index (χ4n) is 1.81. The van der Waals surface area contributed by atoms with Crippen molar-refractivity contribution < 1.29 is 5.48 Å². The van der Waals surface area contributed by atoms with Crippen LogP contribution in [-0.4, -0.2) is 20.4 Å². The molecule has 0 aliphatic heterocycles. The summed E-state index contributed by atoms with van der Waals surface area (Å²) in [7, 11) is 0. The van der Waals surface area contributed by atoms with Gasteiger partial charge < -0.3 is 21.9 Å². The van der Waals surface area contributed by atoms with E-state index < -0.39 is 0 Å². The van der Waals surface area contributed by atoms with Crippen molar-refractivity contribution in [1.82, 2.24) is 15.0 Å². The number of hydrogen-bond acceptors (Lipinski definition) is 4. The number of anilines is 2. The van der Waals surface area contributed by atoms with Crippen LogP contribution in [-0.2, 0) is 0 Å². The number of hydrogen-bond donors (Lipinski definition) is 3. The van der Waals surface area contributed by atoms with Crippen molar-refractivity contribution in [3.63, 3.8) is 0 Å². The van der Waals surface area contributed by atoms with E-state index in [1.165, 1.54) is 0 Å². The zero-order valence-corrected chi connectivity index (χ0v) is 8.36. The Morgan fingerprint density at radius 1 is 1.06 bits per heavy atom. The van der Waals surface area contributed by atoms with Crippen molar-refractivity contribution >= 4 is 33.6 Å². The summed E-state index contributed by atoms with van der Waals surface area (Å²) < 4.78 is 0. The van der Waals surface area contributed by atoms with E-state index in [0.29, 0.717) is 5.82 Å². The second-order valence-electron chi connectivity index (χ2n) is 3.37. The van der Waals surface area contributed by atoms with Crippen molar-refractivity contribution in [2.24, 2.45) is 0 Å². The predicted molar refractivity (Wildman–Crippen MR) is 63.8 cm³/mol. The first kappa shape index (κ1) is 10.2. The summed E-state index contributed by atoms with van der Waals surface area (Å²) in [5, 5.41) is 1.87. The van der Waals surface area contributed by atoms with E-state index in [9.17, 15) is 0 Å². The number of rotatable bonds is 0. The van der Waals surface area contributed by atoms with Gasteiger partial charge in [-0.2, -0.15) is 4.98 Å². The molecule has 3 aromatic rings. The number of nitrogens with one attached hydrogen (secondary N) is 1. The highest BCUT2D eigenvalue weighted by molar-refractivity contribution is 6.10. The molecule has 0 atom stereocenters. The molecule has 0 amide bonds. The summed E-state index contributed by atoms with van der Waals surface area (Å²) in [6, 6.07) is 5.78. The molecule has 7 N–H and O–H groups in total. The van der Waals surface area contributed by atoms with Gasteiger partial charge in [-0.3, -0.25) is 0 Å². The summed E-state index contributed by atoms with van der Waals surface area (Å²) in [5.74, 6) is 0.623. The number of nitrogen functional groups attached to an aromatic ring is 2. The smallest absolute Gasteiger partial charge is 0.222 e. The summed E-state index contributed by atoms with van der Waals surface area (Å²) in [4.78, 5) is 11.2. The van der Waals surface area contributed by atoms with Crippen molar-refractivity contribution in [2.75, 3.05) is 11.5 Å². The summed E-state index contributed by atoms with van der Waals surface area (Å²) in [6.45, 7) is 0. The van der Waals surface area contributed by atoms with E-state index in [1.807, 2.05) is 24.4 Å². The molecule has 2 heterocycles. The van der Waals surface area contributed by atoms with Crippen LogP contribution in [0.3, 0.4) is 0 Å². The Morgan fingerprint density at radius 2 is 1.88 bits per heavy atom. The fraction of sp³-hybridized carbons (Fsp3) is 0. The van der Waals surface area contributed by atoms with Crippen LogP contribution in [0.4, 0.5) is 11.8 Å². The van der Waals surface area contributed by atoms with Crippen LogP contribution in [0.25, 0.3) is 21.8 Å². The minimum Gasteiger partial charge on any atom is -0.412 e. The third-order valence-corrected chi connectivity index (χ3v) is 2.44. The third kappa shape index (κ3) is 1.24. The maximum atomic E-state index is 5.84. The van der Waals surface area contributed by atoms with Crippen LogP contribution in [0.5, 0.6) is 0 Å². The van der Waals surface area contributed by atoms with E-state index in [1.54, 1.807) is 0 Å². The Kier molecular flexibility index (Phi) is 2.13. The molecule has 3 rings (SSSR count). The van der Waals surface area contributed by atoms with Gasteiger partial charge in [0.2, 0.25) is 5.95 Å². The number of nitrogens with zero attached hydrogens (tertiary/aromatic N) is 2. The van der Waals surface area contributed by atoms with Gasteiger partial charge in [-0.15, -0.1) is 0 Å². The van der Waals surface area contributed by atoms with Crippen molar-refractivity contribution in [3.05, 3.63) is 24.4 Å². The van der Waals surface area contributed by atoms with Gasteiger partial charge in [0.15, 0.2) is 0 Å². The molecule has 2 aromatic heterocycles. The molecule has 0 bridgehead atoms. The maximum Gasteiger partial charge on any atom is 0.222 e. The average molecular weight is 217 g/mol. The van der Waals surface area contributed by atoms with Crippen molar-refractivity contribution in [3.8, 4) is 0 Å². The Balaban J connectivity index is 0.000000963. The second-order valence-corrected chi connectivity index (χ2v) is 3.37. The van der Waals surface area contributed by atoms with Gasteiger partial charge >= 0.3 is 0 Å². The van der Waals surface area contributed by atoms with Crippen LogP contribution >= 0.6 is 0 Å². The van der Waals surface area contributed by atoms with Crippen LogP contribution in [0.15, 0.2) is 24.4 Å². The lowest BCUT2D eigenvalue weighted by atomic mass is 10.1. The molecule has 0 aliphatic rings. The molecule has 16 heavy (non-hydrogen) atoms. The number of aromatic amines is 1. The van der Waals surface area contributed by atoms with Crippen LogP contribution in [0.2, 0.25) is 0 Å². The molecule has 0 aliphatic carbocycles. The van der Waals surface area contributed by atoms with Gasteiger partial charge in [0, 0.05) is 17.1 Å². The van der Waals surface area contributed by atoms with Gasteiger partial charge in [0.25, 0.3) is 0 Å². The first-order valence-electron chi connectivity index (χ1n) is 4.54. The highest BCUT2D eigenvalue weighted by Crippen LogP contribution is 2.27. The Hall–Kier alpha value is -2.34. The van der Waals surface area contributed by atoms with E-state index in [-0.39, 0.29) is 11.4 Å². The number of fused-ring (bicyclic) bond motifs is 3. The zero-order valence-electron chi connectivity index (χ0n) is 8.36. The molecular weight excluding hydrogens is 206 g/mol. The minimum absolute atomic E-state index is 0.